The minimum atomic E-state index is -0.253. The molecule has 0 aliphatic carbocycles. The van der Waals surface area contributed by atoms with Gasteiger partial charge in [-0.3, -0.25) is 0 Å². The zero-order chi connectivity index (χ0) is 15.0. The number of rotatable bonds is 7. The maximum atomic E-state index is 11.6. The molecule has 0 bridgehead atoms. The Morgan fingerprint density at radius 2 is 2.15 bits per heavy atom. The molecule has 1 atom stereocenters. The fourth-order valence-corrected chi connectivity index (χ4v) is 1.81. The molecule has 0 saturated carbocycles. The number of phenolic OH excluding ortho intramolecular Hbond substituents is 1. The van der Waals surface area contributed by atoms with E-state index in [1.54, 1.807) is 25.3 Å². The van der Waals surface area contributed by atoms with Crippen LogP contribution in [0.4, 0.5) is 4.79 Å². The summed E-state index contributed by atoms with van der Waals surface area (Å²) in [4.78, 5) is 11.6. The molecule has 20 heavy (non-hydrogen) atoms. The molecule has 1 rings (SSSR count). The van der Waals surface area contributed by atoms with Crippen molar-refractivity contribution in [3.05, 3.63) is 23.8 Å². The lowest BCUT2D eigenvalue weighted by Crippen LogP contribution is -2.43. The zero-order valence-electron chi connectivity index (χ0n) is 12.1. The summed E-state index contributed by atoms with van der Waals surface area (Å²) in [5.41, 5.74) is 0.731. The topological polar surface area (TPSA) is 79.8 Å². The highest BCUT2D eigenvalue weighted by atomic mass is 16.5. The highest BCUT2D eigenvalue weighted by molar-refractivity contribution is 5.74. The van der Waals surface area contributed by atoms with Crippen LogP contribution in [0.25, 0.3) is 0 Å². The molecule has 1 aromatic rings. The Morgan fingerprint density at radius 3 is 2.80 bits per heavy atom. The zero-order valence-corrected chi connectivity index (χ0v) is 12.1. The smallest absolute Gasteiger partial charge is 0.315 e. The van der Waals surface area contributed by atoms with Gasteiger partial charge in [-0.2, -0.15) is 0 Å². The maximum absolute atomic E-state index is 11.6. The van der Waals surface area contributed by atoms with E-state index in [9.17, 15) is 9.90 Å². The Kier molecular flexibility index (Phi) is 6.66. The molecule has 6 nitrogen and oxygen atoms in total. The van der Waals surface area contributed by atoms with Gasteiger partial charge in [0.25, 0.3) is 0 Å². The van der Waals surface area contributed by atoms with Crippen molar-refractivity contribution in [3.8, 4) is 11.5 Å². The lowest BCUT2D eigenvalue weighted by Gasteiger charge is -2.14. The van der Waals surface area contributed by atoms with Crippen LogP contribution in [0, 0.1) is 0 Å². The van der Waals surface area contributed by atoms with Crippen molar-refractivity contribution in [3.63, 3.8) is 0 Å². The Labute approximate surface area is 119 Å². The third kappa shape index (κ3) is 4.97. The van der Waals surface area contributed by atoms with Crippen LogP contribution in [0.1, 0.15) is 12.5 Å². The molecular weight excluding hydrogens is 260 g/mol. The minimum Gasteiger partial charge on any atom is -0.504 e. The standard InChI is InChI=1S/C14H22N2O4/c1-10(9-19-2)16-14(18)15-8-7-11-5-4-6-12(20-3)13(11)17/h4-6,10,17H,7-9H2,1-3H3,(H2,15,16,18)/t10-/m1/s1. The molecule has 112 valence electrons. The normalized spacial score (nSPS) is 11.8. The van der Waals surface area contributed by atoms with E-state index in [0.717, 1.165) is 5.56 Å². The van der Waals surface area contributed by atoms with E-state index in [-0.39, 0.29) is 17.8 Å². The largest absolute Gasteiger partial charge is 0.504 e. The van der Waals surface area contributed by atoms with Crippen molar-refractivity contribution < 1.29 is 19.4 Å². The number of urea groups is 1. The summed E-state index contributed by atoms with van der Waals surface area (Å²) in [6, 6.07) is 4.98. The predicted octanol–water partition coefficient (Wildman–Crippen LogP) is 1.28. The molecule has 0 aliphatic heterocycles. The molecule has 0 unspecified atom stereocenters. The first kappa shape index (κ1) is 16.1. The molecule has 0 spiro atoms. The van der Waals surface area contributed by atoms with Crippen molar-refractivity contribution in [1.82, 2.24) is 10.6 Å². The van der Waals surface area contributed by atoms with Crippen LogP contribution in [0.5, 0.6) is 11.5 Å². The SMILES string of the molecule is COC[C@@H](C)NC(=O)NCCc1cccc(OC)c1O. The van der Waals surface area contributed by atoms with Gasteiger partial charge in [0.05, 0.1) is 19.8 Å². The molecule has 0 aliphatic rings. The van der Waals surface area contributed by atoms with E-state index < -0.39 is 0 Å². The third-order valence-corrected chi connectivity index (χ3v) is 2.78. The number of methoxy groups -OCH3 is 2. The molecule has 0 fully saturated rings. The average Bonchev–Trinajstić information content (AvgIpc) is 2.41. The third-order valence-electron chi connectivity index (χ3n) is 2.78. The van der Waals surface area contributed by atoms with E-state index in [0.29, 0.717) is 25.3 Å². The number of carbonyl (C=O) groups excluding carboxylic acids is 1. The second-order valence-corrected chi connectivity index (χ2v) is 4.47. The fourth-order valence-electron chi connectivity index (χ4n) is 1.81. The van der Waals surface area contributed by atoms with Crippen LogP contribution in [0.3, 0.4) is 0 Å². The van der Waals surface area contributed by atoms with Gasteiger partial charge >= 0.3 is 6.03 Å². The molecule has 0 radical (unpaired) electrons. The lowest BCUT2D eigenvalue weighted by molar-refractivity contribution is 0.171. The van der Waals surface area contributed by atoms with Gasteiger partial charge in [0.2, 0.25) is 0 Å². The Morgan fingerprint density at radius 1 is 1.40 bits per heavy atom. The van der Waals surface area contributed by atoms with E-state index in [1.165, 1.54) is 7.11 Å². The van der Waals surface area contributed by atoms with E-state index >= 15 is 0 Å². The number of phenols is 1. The number of ether oxygens (including phenoxy) is 2. The van der Waals surface area contributed by atoms with Crippen molar-refractivity contribution >= 4 is 6.03 Å². The van der Waals surface area contributed by atoms with E-state index in [2.05, 4.69) is 10.6 Å². The van der Waals surface area contributed by atoms with Gasteiger partial charge in [-0.1, -0.05) is 12.1 Å². The van der Waals surface area contributed by atoms with Gasteiger partial charge in [-0.25, -0.2) is 4.79 Å². The Bertz CT molecular complexity index is 437. The summed E-state index contributed by atoms with van der Waals surface area (Å²) in [7, 11) is 3.09. The first-order chi connectivity index (χ1) is 9.58. The molecule has 2 amide bonds. The van der Waals surface area contributed by atoms with Gasteiger partial charge in [-0.05, 0) is 25.0 Å². The lowest BCUT2D eigenvalue weighted by atomic mass is 10.1. The number of carbonyl (C=O) groups is 1. The summed E-state index contributed by atoms with van der Waals surface area (Å²) >= 11 is 0. The second kappa shape index (κ2) is 8.27. The number of para-hydroxylation sites is 1. The predicted molar refractivity (Wildman–Crippen MR) is 76.2 cm³/mol. The summed E-state index contributed by atoms with van der Waals surface area (Å²) in [6.07, 6.45) is 0.523. The summed E-state index contributed by atoms with van der Waals surface area (Å²) in [5.74, 6) is 0.547. The van der Waals surface area contributed by atoms with Crippen molar-refractivity contribution in [2.75, 3.05) is 27.4 Å². The Balaban J connectivity index is 2.39. The van der Waals surface area contributed by atoms with Crippen LogP contribution >= 0.6 is 0 Å². The molecule has 0 heterocycles. The summed E-state index contributed by atoms with van der Waals surface area (Å²) in [6.45, 7) is 2.74. The van der Waals surface area contributed by atoms with E-state index in [1.807, 2.05) is 6.92 Å². The number of hydrogen-bond donors (Lipinski definition) is 3. The van der Waals surface area contributed by atoms with Crippen molar-refractivity contribution in [2.45, 2.75) is 19.4 Å². The molecule has 3 N–H and O–H groups in total. The molecule has 6 heteroatoms. The summed E-state index contributed by atoms with van der Waals surface area (Å²) in [5, 5.41) is 15.4. The van der Waals surface area contributed by atoms with Gasteiger partial charge < -0.3 is 25.2 Å². The average molecular weight is 282 g/mol. The van der Waals surface area contributed by atoms with Gasteiger partial charge in [0, 0.05) is 13.7 Å². The number of aromatic hydroxyl groups is 1. The highest BCUT2D eigenvalue weighted by Gasteiger charge is 2.09. The van der Waals surface area contributed by atoms with E-state index in [4.69, 9.17) is 9.47 Å². The van der Waals surface area contributed by atoms with Gasteiger partial charge in [0.1, 0.15) is 0 Å². The molecule has 1 aromatic carbocycles. The Hall–Kier alpha value is -1.95. The summed E-state index contributed by atoms with van der Waals surface area (Å²) < 4.78 is 9.96. The maximum Gasteiger partial charge on any atom is 0.315 e. The minimum absolute atomic E-state index is 0.0507. The van der Waals surface area contributed by atoms with Gasteiger partial charge in [-0.15, -0.1) is 0 Å². The number of benzene rings is 1. The highest BCUT2D eigenvalue weighted by Crippen LogP contribution is 2.29. The number of hydrogen-bond acceptors (Lipinski definition) is 4. The first-order valence-corrected chi connectivity index (χ1v) is 6.46. The second-order valence-electron chi connectivity index (χ2n) is 4.47. The van der Waals surface area contributed by atoms with Gasteiger partial charge in [0.15, 0.2) is 11.5 Å². The van der Waals surface area contributed by atoms with Crippen molar-refractivity contribution in [1.29, 1.82) is 0 Å². The van der Waals surface area contributed by atoms with Crippen LogP contribution in [0.2, 0.25) is 0 Å². The van der Waals surface area contributed by atoms with Crippen LogP contribution in [-0.4, -0.2) is 44.6 Å². The fraction of sp³-hybridized carbons (Fsp3) is 0.500. The molecule has 0 aromatic heterocycles. The quantitative estimate of drug-likeness (QED) is 0.704. The van der Waals surface area contributed by atoms with Crippen LogP contribution < -0.4 is 15.4 Å². The first-order valence-electron chi connectivity index (χ1n) is 6.46. The number of nitrogens with one attached hydrogen (secondary N) is 2. The van der Waals surface area contributed by atoms with Crippen LogP contribution in [-0.2, 0) is 11.2 Å². The van der Waals surface area contributed by atoms with Crippen LogP contribution in [0.15, 0.2) is 18.2 Å². The number of amides is 2. The molecule has 0 saturated heterocycles. The molecular formula is C14H22N2O4. The monoisotopic (exact) mass is 282 g/mol. The van der Waals surface area contributed by atoms with Crippen molar-refractivity contribution in [2.24, 2.45) is 0 Å².